The lowest BCUT2D eigenvalue weighted by Gasteiger charge is -2.44. The van der Waals surface area contributed by atoms with E-state index in [1.807, 2.05) is 20.8 Å². The molecule has 1 saturated carbocycles. The quantitative estimate of drug-likeness (QED) is 0.585. The van der Waals surface area contributed by atoms with Crippen molar-refractivity contribution in [3.05, 3.63) is 35.4 Å². The van der Waals surface area contributed by atoms with Gasteiger partial charge in [-0.15, -0.1) is 0 Å². The second-order valence-electron chi connectivity index (χ2n) is 12.1. The zero-order valence-electron chi connectivity index (χ0n) is 21.4. The van der Waals surface area contributed by atoms with Gasteiger partial charge in [0.25, 0.3) is 0 Å². The van der Waals surface area contributed by atoms with Gasteiger partial charge < -0.3 is 10.4 Å². The van der Waals surface area contributed by atoms with Crippen LogP contribution in [0.5, 0.6) is 0 Å². The van der Waals surface area contributed by atoms with Gasteiger partial charge in [0.1, 0.15) is 6.04 Å². The van der Waals surface area contributed by atoms with Crippen molar-refractivity contribution in [3.8, 4) is 0 Å². The molecule has 0 spiro atoms. The average molecular weight is 498 g/mol. The van der Waals surface area contributed by atoms with Crippen molar-refractivity contribution >= 4 is 12.0 Å². The summed E-state index contributed by atoms with van der Waals surface area (Å²) in [6, 6.07) is 4.39. The number of fused-ring (bicyclic) bond motifs is 1. The molecular formula is C26H38F3N3O3. The minimum absolute atomic E-state index is 0.0504. The molecule has 6 nitrogen and oxygen atoms in total. The van der Waals surface area contributed by atoms with Crippen LogP contribution in [-0.2, 0) is 17.5 Å². The zero-order valence-corrected chi connectivity index (χ0v) is 21.4. The summed E-state index contributed by atoms with van der Waals surface area (Å²) in [5, 5.41) is 13.1. The number of halogens is 3. The number of carboxylic acid groups (broad SMARTS) is 1. The van der Waals surface area contributed by atoms with Crippen LogP contribution in [0, 0.1) is 17.3 Å². The summed E-state index contributed by atoms with van der Waals surface area (Å²) in [5.74, 6) is 0.365. The first-order valence-electron chi connectivity index (χ1n) is 12.2. The molecule has 1 aliphatic heterocycles. The van der Waals surface area contributed by atoms with Crippen LogP contribution in [0.3, 0.4) is 0 Å². The lowest BCUT2D eigenvalue weighted by Crippen LogP contribution is -2.62. The molecule has 0 unspecified atom stereocenters. The molecule has 2 aliphatic rings. The van der Waals surface area contributed by atoms with Gasteiger partial charge in [-0.3, -0.25) is 14.6 Å². The maximum Gasteiger partial charge on any atom is 0.416 e. The van der Waals surface area contributed by atoms with Crippen molar-refractivity contribution in [2.75, 3.05) is 13.1 Å². The Bertz CT molecular complexity index is 919. The van der Waals surface area contributed by atoms with Crippen LogP contribution in [-0.4, -0.2) is 57.6 Å². The molecule has 0 radical (unpaired) electrons. The Kier molecular flexibility index (Phi) is 7.52. The summed E-state index contributed by atoms with van der Waals surface area (Å²) < 4.78 is 38.5. The molecule has 2 fully saturated rings. The number of amides is 2. The Labute approximate surface area is 205 Å². The lowest BCUT2D eigenvalue weighted by molar-refractivity contribution is -0.137. The summed E-state index contributed by atoms with van der Waals surface area (Å²) in [6.45, 7) is 13.1. The van der Waals surface area contributed by atoms with Gasteiger partial charge in [-0.2, -0.15) is 13.2 Å². The molecule has 196 valence electrons. The molecule has 9 heteroatoms. The van der Waals surface area contributed by atoms with Crippen LogP contribution in [0.2, 0.25) is 0 Å². The number of rotatable bonds is 5. The molecule has 1 heterocycles. The van der Waals surface area contributed by atoms with Gasteiger partial charge in [0.15, 0.2) is 0 Å². The first kappa shape index (κ1) is 27.3. The number of alkyl halides is 3. The summed E-state index contributed by atoms with van der Waals surface area (Å²) in [6.07, 6.45) is -3.67. The van der Waals surface area contributed by atoms with Gasteiger partial charge in [0.05, 0.1) is 5.56 Å². The van der Waals surface area contributed by atoms with Crippen molar-refractivity contribution in [1.29, 1.82) is 0 Å². The van der Waals surface area contributed by atoms with Crippen LogP contribution in [0.15, 0.2) is 24.3 Å². The fourth-order valence-electron chi connectivity index (χ4n) is 5.67. The predicted octanol–water partition coefficient (Wildman–Crippen LogP) is 5.23. The van der Waals surface area contributed by atoms with E-state index in [1.54, 1.807) is 20.8 Å². The van der Waals surface area contributed by atoms with Crippen molar-refractivity contribution in [1.82, 2.24) is 15.1 Å². The fourth-order valence-corrected chi connectivity index (χ4v) is 5.67. The highest BCUT2D eigenvalue weighted by atomic mass is 19.4. The summed E-state index contributed by atoms with van der Waals surface area (Å²) in [5.41, 5.74) is -1.17. The van der Waals surface area contributed by atoms with Crippen molar-refractivity contribution < 1.29 is 27.9 Å². The highest BCUT2D eigenvalue weighted by molar-refractivity contribution is 5.86. The van der Waals surface area contributed by atoms with Gasteiger partial charge in [-0.1, -0.05) is 32.9 Å². The average Bonchev–Trinajstić information content (AvgIpc) is 3.24. The Morgan fingerprint density at radius 2 is 1.66 bits per heavy atom. The van der Waals surface area contributed by atoms with Crippen LogP contribution in [0.1, 0.15) is 65.5 Å². The van der Waals surface area contributed by atoms with Crippen LogP contribution < -0.4 is 5.32 Å². The molecular weight excluding hydrogens is 459 g/mol. The summed E-state index contributed by atoms with van der Waals surface area (Å²) in [4.78, 5) is 29.1. The maximum absolute atomic E-state index is 13.5. The molecule has 1 aromatic carbocycles. The third-order valence-corrected chi connectivity index (χ3v) is 7.20. The molecule has 2 N–H and O–H groups in total. The molecule has 2 amide bonds. The minimum atomic E-state index is -4.34. The van der Waals surface area contributed by atoms with Crippen LogP contribution in [0.25, 0.3) is 0 Å². The molecule has 1 aromatic rings. The predicted molar refractivity (Wildman–Crippen MR) is 128 cm³/mol. The molecule has 1 saturated heterocycles. The highest BCUT2D eigenvalue weighted by Crippen LogP contribution is 2.39. The largest absolute Gasteiger partial charge is 0.465 e. The van der Waals surface area contributed by atoms with E-state index < -0.39 is 34.8 Å². The topological polar surface area (TPSA) is 72.9 Å². The van der Waals surface area contributed by atoms with Crippen molar-refractivity contribution in [2.24, 2.45) is 17.3 Å². The number of hydrogen-bond acceptors (Lipinski definition) is 3. The van der Waals surface area contributed by atoms with Gasteiger partial charge in [0, 0.05) is 31.2 Å². The van der Waals surface area contributed by atoms with Gasteiger partial charge in [-0.05, 0) is 68.6 Å². The number of likely N-dealkylation sites (tertiary alicyclic amines) is 1. The van der Waals surface area contributed by atoms with E-state index in [2.05, 4.69) is 10.2 Å². The second kappa shape index (κ2) is 9.64. The zero-order chi connectivity index (χ0) is 26.3. The summed E-state index contributed by atoms with van der Waals surface area (Å²) >= 11 is 0. The van der Waals surface area contributed by atoms with E-state index >= 15 is 0 Å². The first-order chi connectivity index (χ1) is 16.0. The Hall–Kier alpha value is -2.29. The summed E-state index contributed by atoms with van der Waals surface area (Å²) in [7, 11) is 0. The van der Waals surface area contributed by atoms with Crippen LogP contribution in [0.4, 0.5) is 18.0 Å². The molecule has 0 aromatic heterocycles. The van der Waals surface area contributed by atoms with Gasteiger partial charge in [0.2, 0.25) is 5.91 Å². The normalized spacial score (nSPS) is 24.2. The van der Waals surface area contributed by atoms with E-state index in [9.17, 15) is 27.9 Å². The molecule has 3 rings (SSSR count). The molecule has 1 aliphatic carbocycles. The van der Waals surface area contributed by atoms with Crippen LogP contribution >= 0.6 is 0 Å². The van der Waals surface area contributed by atoms with Crippen molar-refractivity contribution in [2.45, 2.75) is 84.7 Å². The van der Waals surface area contributed by atoms with Crippen molar-refractivity contribution in [3.63, 3.8) is 0 Å². The third kappa shape index (κ3) is 6.29. The number of benzene rings is 1. The lowest BCUT2D eigenvalue weighted by atomic mass is 9.82. The Morgan fingerprint density at radius 1 is 1.06 bits per heavy atom. The monoisotopic (exact) mass is 497 g/mol. The first-order valence-corrected chi connectivity index (χ1v) is 12.2. The number of nitrogens with zero attached hydrogens (tertiary/aromatic N) is 2. The number of carbonyl (C=O) groups is 2. The van der Waals surface area contributed by atoms with E-state index in [4.69, 9.17) is 0 Å². The van der Waals surface area contributed by atoms with E-state index in [-0.39, 0.29) is 17.9 Å². The standard InChI is InChI=1S/C26H38F3N3O3/c1-24(2,3)21(32(23(34)35)25(4,5)6)22(33)30-20-12-9-17-14-31(15-19(17)20)13-16-7-10-18(11-8-16)26(27,28)29/h7-8,10-11,17,19-21H,9,12-15H2,1-6H3,(H,30,33)(H,34,35)/t17-,19+,20+,21-/m1/s1. The molecule has 35 heavy (non-hydrogen) atoms. The second-order valence-corrected chi connectivity index (χ2v) is 12.1. The molecule has 0 bridgehead atoms. The van der Waals surface area contributed by atoms with E-state index in [1.165, 1.54) is 17.0 Å². The number of hydrogen-bond donors (Lipinski definition) is 2. The smallest absolute Gasteiger partial charge is 0.416 e. The Balaban J connectivity index is 1.68. The SMILES string of the molecule is CC(C)(C)[C@@H](C(=O)N[C@H]1CC[C@@H]2CN(Cc3ccc(C(F)(F)F)cc3)C[C@@H]21)N(C(=O)O)C(C)(C)C. The fraction of sp³-hybridized carbons (Fsp3) is 0.692. The third-order valence-electron chi connectivity index (χ3n) is 7.20. The van der Waals surface area contributed by atoms with E-state index in [0.717, 1.165) is 43.6 Å². The Morgan fingerprint density at radius 3 is 2.14 bits per heavy atom. The number of carbonyl (C=O) groups excluding carboxylic acids is 1. The van der Waals surface area contributed by atoms with Gasteiger partial charge in [-0.25, -0.2) is 4.79 Å². The maximum atomic E-state index is 13.5. The number of nitrogens with one attached hydrogen (secondary N) is 1. The minimum Gasteiger partial charge on any atom is -0.465 e. The van der Waals surface area contributed by atoms with E-state index in [0.29, 0.717) is 12.5 Å². The highest BCUT2D eigenvalue weighted by Gasteiger charge is 2.47. The molecule has 4 atom stereocenters. The van der Waals surface area contributed by atoms with Gasteiger partial charge >= 0.3 is 12.3 Å².